The van der Waals surface area contributed by atoms with E-state index in [1.807, 2.05) is 54.8 Å². The van der Waals surface area contributed by atoms with Crippen LogP contribution in [0.4, 0.5) is 4.39 Å². The molecular formula is C36H37ClFNO5. The molecule has 0 aliphatic carbocycles. The van der Waals surface area contributed by atoms with Crippen LogP contribution in [0.3, 0.4) is 0 Å². The largest absolute Gasteiger partial charge is 0.494 e. The van der Waals surface area contributed by atoms with Gasteiger partial charge < -0.3 is 19.5 Å². The third kappa shape index (κ3) is 8.42. The van der Waals surface area contributed by atoms with Gasteiger partial charge in [0.05, 0.1) is 12.1 Å². The van der Waals surface area contributed by atoms with Crippen LogP contribution in [0, 0.1) is 31.5 Å². The van der Waals surface area contributed by atoms with Crippen LogP contribution in [0.15, 0.2) is 54.6 Å². The zero-order valence-corrected chi connectivity index (χ0v) is 25.8. The Morgan fingerprint density at radius 2 is 1.61 bits per heavy atom. The van der Waals surface area contributed by atoms with E-state index in [0.29, 0.717) is 48.9 Å². The minimum absolute atomic E-state index is 0.0141. The van der Waals surface area contributed by atoms with E-state index in [-0.39, 0.29) is 12.8 Å². The molecule has 0 fully saturated rings. The second-order valence-corrected chi connectivity index (χ2v) is 11.3. The number of aryl methyl sites for hydroxylation is 3. The summed E-state index contributed by atoms with van der Waals surface area (Å²) >= 11 is 6.22. The third-order valence-electron chi connectivity index (χ3n) is 7.82. The molecule has 0 saturated heterocycles. The lowest BCUT2D eigenvalue weighted by molar-refractivity contribution is -0.138. The summed E-state index contributed by atoms with van der Waals surface area (Å²) in [7, 11) is 0. The fraction of sp³-hybridized carbons (Fsp3) is 0.333. The van der Waals surface area contributed by atoms with Gasteiger partial charge in [-0.1, -0.05) is 35.6 Å². The zero-order chi connectivity index (χ0) is 31.6. The molecule has 44 heavy (non-hydrogen) atoms. The Morgan fingerprint density at radius 3 is 2.34 bits per heavy atom. The van der Waals surface area contributed by atoms with Gasteiger partial charge in [0.2, 0.25) is 0 Å². The number of carboxylic acid groups (broad SMARTS) is 2. The molecule has 0 saturated carbocycles. The molecule has 0 amide bonds. The lowest BCUT2D eigenvalue weighted by atomic mass is 10.0. The highest BCUT2D eigenvalue weighted by atomic mass is 35.5. The number of fused-ring (bicyclic) bond motifs is 1. The Kier molecular flexibility index (Phi) is 11.5. The molecule has 0 aliphatic rings. The molecule has 6 nitrogen and oxygen atoms in total. The zero-order valence-electron chi connectivity index (χ0n) is 25.1. The van der Waals surface area contributed by atoms with Crippen molar-refractivity contribution in [3.63, 3.8) is 0 Å². The van der Waals surface area contributed by atoms with Crippen LogP contribution < -0.4 is 4.74 Å². The summed E-state index contributed by atoms with van der Waals surface area (Å²) in [5.74, 6) is 4.91. The molecule has 0 radical (unpaired) electrons. The first-order chi connectivity index (χ1) is 21.2. The number of aromatic nitrogens is 1. The highest BCUT2D eigenvalue weighted by Gasteiger charge is 2.20. The Bertz CT molecular complexity index is 1700. The van der Waals surface area contributed by atoms with E-state index >= 15 is 4.39 Å². The highest BCUT2D eigenvalue weighted by Crippen LogP contribution is 2.32. The van der Waals surface area contributed by atoms with Gasteiger partial charge in [-0.25, -0.2) is 4.39 Å². The minimum atomic E-state index is -0.903. The number of hydrogen-bond acceptors (Lipinski definition) is 3. The van der Waals surface area contributed by atoms with E-state index in [1.54, 1.807) is 6.07 Å². The lowest BCUT2D eigenvalue weighted by Crippen LogP contribution is -2.05. The molecule has 4 aromatic rings. The van der Waals surface area contributed by atoms with Crippen LogP contribution in [-0.2, 0) is 29.0 Å². The number of carboxylic acids is 2. The Morgan fingerprint density at radius 1 is 0.886 bits per heavy atom. The maximum Gasteiger partial charge on any atom is 0.303 e. The van der Waals surface area contributed by atoms with E-state index in [9.17, 15) is 9.59 Å². The van der Waals surface area contributed by atoms with Crippen molar-refractivity contribution in [2.24, 2.45) is 0 Å². The first-order valence-electron chi connectivity index (χ1n) is 14.9. The van der Waals surface area contributed by atoms with E-state index in [0.717, 1.165) is 52.4 Å². The third-order valence-corrected chi connectivity index (χ3v) is 8.22. The molecule has 0 bridgehead atoms. The Balaban J connectivity index is 1.48. The predicted octanol–water partition coefficient (Wildman–Crippen LogP) is 8.12. The first-order valence-corrected chi connectivity index (χ1v) is 15.3. The number of hydrogen-bond donors (Lipinski definition) is 2. The molecule has 0 atom stereocenters. The summed E-state index contributed by atoms with van der Waals surface area (Å²) in [6, 6.07) is 16.5. The molecule has 230 valence electrons. The van der Waals surface area contributed by atoms with Crippen LogP contribution in [0.5, 0.6) is 5.75 Å². The van der Waals surface area contributed by atoms with Crippen molar-refractivity contribution in [3.8, 4) is 17.6 Å². The number of nitrogens with zero attached hydrogens (tertiary/aromatic N) is 1. The van der Waals surface area contributed by atoms with Crippen LogP contribution in [0.1, 0.15) is 72.0 Å². The average Bonchev–Trinajstić information content (AvgIpc) is 3.27. The van der Waals surface area contributed by atoms with Gasteiger partial charge in [0.1, 0.15) is 11.6 Å². The monoisotopic (exact) mass is 617 g/mol. The van der Waals surface area contributed by atoms with Gasteiger partial charge in [0.15, 0.2) is 0 Å². The van der Waals surface area contributed by atoms with Crippen molar-refractivity contribution in [2.45, 2.75) is 71.8 Å². The van der Waals surface area contributed by atoms with Crippen LogP contribution in [0.25, 0.3) is 10.9 Å². The maximum atomic E-state index is 15.2. The van der Waals surface area contributed by atoms with E-state index in [2.05, 4.69) is 17.9 Å². The fourth-order valence-electron chi connectivity index (χ4n) is 5.44. The van der Waals surface area contributed by atoms with Gasteiger partial charge in [0.25, 0.3) is 0 Å². The number of aliphatic carboxylic acids is 2. The standard InChI is InChI=1S/C36H37ClFNO5/c1-24-27(9-5-11-31(24)37)8-3-4-23-44-29-19-15-26(16-20-29)14-17-28-18-21-32(38)35-30(10-6-12-33(40)41)25(2)39(36(28)35)22-7-13-34(42)43/h5,9,11,15-16,18-21H,3-4,6-8,10,12-13,22-23H2,1-2H3,(H,40,41)(H,42,43). The summed E-state index contributed by atoms with van der Waals surface area (Å²) in [5, 5.41) is 19.5. The predicted molar refractivity (Wildman–Crippen MR) is 171 cm³/mol. The number of rotatable bonds is 14. The second-order valence-electron chi connectivity index (χ2n) is 10.9. The fourth-order valence-corrected chi connectivity index (χ4v) is 5.64. The summed E-state index contributed by atoms with van der Waals surface area (Å²) in [5.41, 5.74) is 5.93. The number of ether oxygens (including phenoxy) is 1. The topological polar surface area (TPSA) is 88.8 Å². The molecule has 2 N–H and O–H groups in total. The average molecular weight is 618 g/mol. The van der Waals surface area contributed by atoms with E-state index in [4.69, 9.17) is 26.6 Å². The van der Waals surface area contributed by atoms with Crippen molar-refractivity contribution in [1.29, 1.82) is 0 Å². The minimum Gasteiger partial charge on any atom is -0.494 e. The Labute approximate surface area is 262 Å². The normalized spacial score (nSPS) is 10.9. The van der Waals surface area contributed by atoms with Crippen molar-refractivity contribution < 1.29 is 28.9 Å². The van der Waals surface area contributed by atoms with Crippen molar-refractivity contribution in [3.05, 3.63) is 98.9 Å². The van der Waals surface area contributed by atoms with Gasteiger partial charge in [0, 0.05) is 46.6 Å². The summed E-state index contributed by atoms with van der Waals surface area (Å²) in [4.78, 5) is 22.2. The molecular weight excluding hydrogens is 581 g/mol. The van der Waals surface area contributed by atoms with Gasteiger partial charge in [-0.3, -0.25) is 9.59 Å². The number of benzene rings is 3. The van der Waals surface area contributed by atoms with Gasteiger partial charge in [-0.15, -0.1) is 0 Å². The van der Waals surface area contributed by atoms with Gasteiger partial charge in [-0.05, 0) is 112 Å². The second kappa shape index (κ2) is 15.4. The van der Waals surface area contributed by atoms with Crippen molar-refractivity contribution in [2.75, 3.05) is 6.61 Å². The Hall–Kier alpha value is -4.28. The number of unbranched alkanes of at least 4 members (excludes halogenated alkanes) is 1. The molecule has 0 aliphatic heterocycles. The van der Waals surface area contributed by atoms with Crippen molar-refractivity contribution >= 4 is 34.4 Å². The smallest absolute Gasteiger partial charge is 0.303 e. The number of halogens is 2. The quantitative estimate of drug-likeness (QED) is 0.110. The summed E-state index contributed by atoms with van der Waals surface area (Å²) in [6.07, 6.45) is 3.97. The van der Waals surface area contributed by atoms with E-state index in [1.165, 1.54) is 11.6 Å². The highest BCUT2D eigenvalue weighted by molar-refractivity contribution is 6.31. The maximum absolute atomic E-state index is 15.2. The SMILES string of the molecule is Cc1c(Cl)cccc1CCCCOc1ccc(C#Cc2ccc(F)c3c(CCCC(=O)O)c(C)n(CCCC(=O)O)c23)cc1. The van der Waals surface area contributed by atoms with Crippen LogP contribution in [-0.4, -0.2) is 33.3 Å². The molecule has 3 aromatic carbocycles. The summed E-state index contributed by atoms with van der Waals surface area (Å²) < 4.78 is 23.1. The lowest BCUT2D eigenvalue weighted by Gasteiger charge is -2.09. The first kappa shape index (κ1) is 32.6. The molecule has 8 heteroatoms. The molecule has 1 aromatic heterocycles. The summed E-state index contributed by atoms with van der Waals surface area (Å²) in [6.45, 7) is 4.90. The molecule has 0 unspecified atom stereocenters. The van der Waals surface area contributed by atoms with Crippen molar-refractivity contribution in [1.82, 2.24) is 4.57 Å². The van der Waals surface area contributed by atoms with Crippen LogP contribution >= 0.6 is 11.6 Å². The molecule has 0 spiro atoms. The van der Waals surface area contributed by atoms with Gasteiger partial charge in [-0.2, -0.15) is 0 Å². The molecule has 1 heterocycles. The number of carbonyl (C=O) groups is 2. The van der Waals surface area contributed by atoms with E-state index < -0.39 is 17.8 Å². The molecule has 4 rings (SSSR count). The van der Waals surface area contributed by atoms with Gasteiger partial charge >= 0.3 is 11.9 Å². The van der Waals surface area contributed by atoms with Crippen LogP contribution in [0.2, 0.25) is 5.02 Å².